The van der Waals surface area contributed by atoms with Gasteiger partial charge in [-0.3, -0.25) is 4.79 Å². The molecule has 0 radical (unpaired) electrons. The molecule has 0 amide bonds. The SMILES string of the molecule is C#CCOc1ccc(C=Nn2c(=O)[nH]c3ccccc3c2=O)cc1. The van der Waals surface area contributed by atoms with Gasteiger partial charge in [-0.25, -0.2) is 4.79 Å². The van der Waals surface area contributed by atoms with Gasteiger partial charge in [0.25, 0.3) is 5.56 Å². The second kappa shape index (κ2) is 6.67. The molecule has 0 atom stereocenters. The van der Waals surface area contributed by atoms with Crippen LogP contribution in [0.25, 0.3) is 10.9 Å². The van der Waals surface area contributed by atoms with Crippen molar-refractivity contribution in [2.45, 2.75) is 0 Å². The zero-order chi connectivity index (χ0) is 16.9. The van der Waals surface area contributed by atoms with Crippen molar-refractivity contribution in [2.24, 2.45) is 5.10 Å². The molecule has 3 aromatic rings. The summed E-state index contributed by atoms with van der Waals surface area (Å²) in [6.45, 7) is 0.190. The highest BCUT2D eigenvalue weighted by Gasteiger charge is 2.05. The summed E-state index contributed by atoms with van der Waals surface area (Å²) in [5.41, 5.74) is 0.125. The number of aromatic amines is 1. The summed E-state index contributed by atoms with van der Waals surface area (Å²) in [7, 11) is 0. The Bertz CT molecular complexity index is 1050. The second-order valence-electron chi connectivity index (χ2n) is 4.90. The van der Waals surface area contributed by atoms with Gasteiger partial charge in [-0.2, -0.15) is 5.10 Å². The highest BCUT2D eigenvalue weighted by molar-refractivity contribution is 5.80. The van der Waals surface area contributed by atoms with Gasteiger partial charge in [0.15, 0.2) is 0 Å². The largest absolute Gasteiger partial charge is 0.481 e. The van der Waals surface area contributed by atoms with Crippen molar-refractivity contribution in [2.75, 3.05) is 6.61 Å². The predicted molar refractivity (Wildman–Crippen MR) is 92.6 cm³/mol. The van der Waals surface area contributed by atoms with E-state index in [1.54, 1.807) is 48.5 Å². The second-order valence-corrected chi connectivity index (χ2v) is 4.90. The minimum absolute atomic E-state index is 0.190. The topological polar surface area (TPSA) is 76.5 Å². The third-order valence-electron chi connectivity index (χ3n) is 3.31. The molecule has 3 rings (SSSR count). The van der Waals surface area contributed by atoms with Crippen LogP contribution in [0.1, 0.15) is 5.56 Å². The monoisotopic (exact) mass is 319 g/mol. The number of hydrogen-bond donors (Lipinski definition) is 1. The van der Waals surface area contributed by atoms with Gasteiger partial charge in [0, 0.05) is 0 Å². The molecule has 0 aliphatic rings. The van der Waals surface area contributed by atoms with E-state index in [1.165, 1.54) is 6.21 Å². The molecule has 6 nitrogen and oxygen atoms in total. The van der Waals surface area contributed by atoms with Gasteiger partial charge in [-0.15, -0.1) is 11.1 Å². The van der Waals surface area contributed by atoms with Crippen molar-refractivity contribution in [3.05, 3.63) is 74.9 Å². The van der Waals surface area contributed by atoms with Crippen LogP contribution in [0.5, 0.6) is 5.75 Å². The Labute approximate surface area is 137 Å². The molecule has 1 aromatic heterocycles. The smallest absolute Gasteiger partial charge is 0.349 e. The number of terminal acetylenes is 1. The molecule has 0 unspecified atom stereocenters. The molecule has 0 aliphatic heterocycles. The van der Waals surface area contributed by atoms with E-state index in [0.29, 0.717) is 22.2 Å². The maximum atomic E-state index is 12.3. The molecule has 1 N–H and O–H groups in total. The van der Waals surface area contributed by atoms with E-state index in [4.69, 9.17) is 11.2 Å². The summed E-state index contributed by atoms with van der Waals surface area (Å²) in [5, 5.41) is 4.38. The fraction of sp³-hybridized carbons (Fsp3) is 0.0556. The molecule has 0 aliphatic carbocycles. The summed E-state index contributed by atoms with van der Waals surface area (Å²) in [6.07, 6.45) is 6.55. The Morgan fingerprint density at radius 1 is 1.17 bits per heavy atom. The number of fused-ring (bicyclic) bond motifs is 1. The zero-order valence-electron chi connectivity index (χ0n) is 12.6. The molecular formula is C18H13N3O3. The molecule has 0 bridgehead atoms. The lowest BCUT2D eigenvalue weighted by Crippen LogP contribution is -2.32. The van der Waals surface area contributed by atoms with E-state index < -0.39 is 11.2 Å². The molecule has 0 saturated carbocycles. The zero-order valence-corrected chi connectivity index (χ0v) is 12.6. The van der Waals surface area contributed by atoms with Gasteiger partial charge >= 0.3 is 5.69 Å². The molecule has 0 spiro atoms. The number of rotatable bonds is 4. The van der Waals surface area contributed by atoms with E-state index in [0.717, 1.165) is 4.68 Å². The average molecular weight is 319 g/mol. The average Bonchev–Trinajstić information content (AvgIpc) is 2.61. The minimum Gasteiger partial charge on any atom is -0.481 e. The first-order chi connectivity index (χ1) is 11.7. The van der Waals surface area contributed by atoms with E-state index in [9.17, 15) is 9.59 Å². The van der Waals surface area contributed by atoms with Gasteiger partial charge in [0.2, 0.25) is 0 Å². The molecule has 0 saturated heterocycles. The molecule has 6 heteroatoms. The number of aromatic nitrogens is 2. The lowest BCUT2D eigenvalue weighted by atomic mass is 10.2. The normalized spacial score (nSPS) is 10.8. The maximum Gasteiger partial charge on any atom is 0.349 e. The first kappa shape index (κ1) is 15.3. The molecule has 24 heavy (non-hydrogen) atoms. The highest BCUT2D eigenvalue weighted by Crippen LogP contribution is 2.10. The van der Waals surface area contributed by atoms with Crippen LogP contribution in [0.4, 0.5) is 0 Å². The summed E-state index contributed by atoms with van der Waals surface area (Å²) < 4.78 is 6.07. The third-order valence-corrected chi connectivity index (χ3v) is 3.31. The summed E-state index contributed by atoms with van der Waals surface area (Å²) >= 11 is 0. The summed E-state index contributed by atoms with van der Waals surface area (Å²) in [4.78, 5) is 27.0. The summed E-state index contributed by atoms with van der Waals surface area (Å²) in [6, 6.07) is 13.7. The fourth-order valence-electron chi connectivity index (χ4n) is 2.16. The first-order valence-electron chi connectivity index (χ1n) is 7.14. The van der Waals surface area contributed by atoms with E-state index in [-0.39, 0.29) is 6.61 Å². The lowest BCUT2D eigenvalue weighted by molar-refractivity contribution is 0.370. The molecule has 0 fully saturated rings. The first-order valence-corrected chi connectivity index (χ1v) is 7.14. The molecule has 2 aromatic carbocycles. The molecular weight excluding hydrogens is 306 g/mol. The Balaban J connectivity index is 1.92. The summed E-state index contributed by atoms with van der Waals surface area (Å²) in [5.74, 6) is 3.01. The van der Waals surface area contributed by atoms with E-state index >= 15 is 0 Å². The Morgan fingerprint density at radius 3 is 2.67 bits per heavy atom. The van der Waals surface area contributed by atoms with Crippen LogP contribution in [0.3, 0.4) is 0 Å². The van der Waals surface area contributed by atoms with Crippen molar-refractivity contribution in [1.82, 2.24) is 9.66 Å². The fourth-order valence-corrected chi connectivity index (χ4v) is 2.16. The third kappa shape index (κ3) is 3.10. The van der Waals surface area contributed by atoms with Crippen LogP contribution < -0.4 is 16.0 Å². The van der Waals surface area contributed by atoms with E-state index in [2.05, 4.69) is 16.0 Å². The van der Waals surface area contributed by atoms with Crippen LogP contribution in [-0.2, 0) is 0 Å². The van der Waals surface area contributed by atoms with Crippen LogP contribution >= 0.6 is 0 Å². The Kier molecular flexibility index (Phi) is 4.25. The van der Waals surface area contributed by atoms with Gasteiger partial charge < -0.3 is 9.72 Å². The van der Waals surface area contributed by atoms with Crippen molar-refractivity contribution < 1.29 is 4.74 Å². The Hall–Kier alpha value is -3.59. The number of ether oxygens (including phenoxy) is 1. The molecule has 118 valence electrons. The number of para-hydroxylation sites is 1. The predicted octanol–water partition coefficient (Wildman–Crippen LogP) is 1.58. The van der Waals surface area contributed by atoms with Crippen molar-refractivity contribution >= 4 is 17.1 Å². The van der Waals surface area contributed by atoms with Gasteiger partial charge in [-0.05, 0) is 42.0 Å². The van der Waals surface area contributed by atoms with Crippen molar-refractivity contribution in [3.8, 4) is 18.1 Å². The number of benzene rings is 2. The van der Waals surface area contributed by atoms with Crippen LogP contribution in [0, 0.1) is 12.3 Å². The molecule has 1 heterocycles. The number of nitrogens with zero attached hydrogens (tertiary/aromatic N) is 2. The van der Waals surface area contributed by atoms with Crippen LogP contribution in [0.15, 0.2) is 63.2 Å². The number of hydrogen-bond acceptors (Lipinski definition) is 4. The Morgan fingerprint density at radius 2 is 1.92 bits per heavy atom. The van der Waals surface area contributed by atoms with Gasteiger partial charge in [0.05, 0.1) is 17.1 Å². The standard InChI is InChI=1S/C18H13N3O3/c1-2-11-24-14-9-7-13(8-10-14)12-19-21-17(22)15-5-3-4-6-16(15)20-18(21)23/h1,3-10,12H,11H2,(H,20,23). The van der Waals surface area contributed by atoms with Crippen molar-refractivity contribution in [3.63, 3.8) is 0 Å². The van der Waals surface area contributed by atoms with Crippen LogP contribution in [0.2, 0.25) is 0 Å². The van der Waals surface area contributed by atoms with Crippen molar-refractivity contribution in [1.29, 1.82) is 0 Å². The van der Waals surface area contributed by atoms with Gasteiger partial charge in [0.1, 0.15) is 12.4 Å². The highest BCUT2D eigenvalue weighted by atomic mass is 16.5. The van der Waals surface area contributed by atoms with Crippen LogP contribution in [-0.4, -0.2) is 22.5 Å². The van der Waals surface area contributed by atoms with Gasteiger partial charge in [-0.1, -0.05) is 18.1 Å². The quantitative estimate of drug-likeness (QED) is 0.586. The number of H-pyrrole nitrogens is 1. The number of nitrogens with one attached hydrogen (secondary N) is 1. The minimum atomic E-state index is -0.594. The lowest BCUT2D eigenvalue weighted by Gasteiger charge is -2.02. The maximum absolute atomic E-state index is 12.3. The van der Waals surface area contributed by atoms with E-state index in [1.807, 2.05) is 0 Å².